The third-order valence-electron chi connectivity index (χ3n) is 4.80. The number of hydrogen-bond acceptors (Lipinski definition) is 4. The third-order valence-corrected chi connectivity index (χ3v) is 5.05. The highest BCUT2D eigenvalue weighted by molar-refractivity contribution is 6.30. The molecule has 1 N–H and O–H groups in total. The summed E-state index contributed by atoms with van der Waals surface area (Å²) in [4.78, 5) is 22.5. The van der Waals surface area contributed by atoms with Gasteiger partial charge in [0.25, 0.3) is 11.6 Å². The molecule has 0 saturated carbocycles. The number of hydrogen-bond donors (Lipinski definition) is 1. The van der Waals surface area contributed by atoms with E-state index in [2.05, 4.69) is 15.1 Å². The van der Waals surface area contributed by atoms with E-state index in [1.807, 2.05) is 54.7 Å². The van der Waals surface area contributed by atoms with Crippen LogP contribution < -0.4 is 5.43 Å². The van der Waals surface area contributed by atoms with Crippen LogP contribution in [0.4, 0.5) is 5.69 Å². The molecule has 4 rings (SSSR count). The zero-order chi connectivity index (χ0) is 21.8. The molecule has 7 nitrogen and oxygen atoms in total. The van der Waals surface area contributed by atoms with Crippen LogP contribution in [0.25, 0.3) is 10.9 Å². The maximum atomic E-state index is 12.2. The van der Waals surface area contributed by atoms with Gasteiger partial charge in [0.2, 0.25) is 0 Å². The van der Waals surface area contributed by atoms with Crippen molar-refractivity contribution in [1.29, 1.82) is 0 Å². The average molecular weight is 433 g/mol. The molecule has 1 heterocycles. The molecule has 0 unspecified atom stereocenters. The van der Waals surface area contributed by atoms with Crippen molar-refractivity contribution in [2.45, 2.75) is 6.54 Å². The number of fused-ring (bicyclic) bond motifs is 1. The number of nitrogens with zero attached hydrogens (tertiary/aromatic N) is 3. The maximum absolute atomic E-state index is 12.2. The first-order valence-corrected chi connectivity index (χ1v) is 9.79. The normalized spacial score (nSPS) is 11.1. The fourth-order valence-electron chi connectivity index (χ4n) is 3.25. The first kappa shape index (κ1) is 20.3. The molecule has 0 spiro atoms. The van der Waals surface area contributed by atoms with Crippen LogP contribution in [-0.4, -0.2) is 21.6 Å². The predicted octanol–water partition coefficient (Wildman–Crippen LogP) is 5.02. The second kappa shape index (κ2) is 8.81. The van der Waals surface area contributed by atoms with E-state index in [1.54, 1.807) is 6.21 Å². The molecule has 3 aromatic carbocycles. The van der Waals surface area contributed by atoms with E-state index < -0.39 is 10.8 Å². The van der Waals surface area contributed by atoms with E-state index >= 15 is 0 Å². The number of nitro groups is 1. The molecule has 0 fully saturated rings. The summed E-state index contributed by atoms with van der Waals surface area (Å²) in [6.45, 7) is 0.667. The summed E-state index contributed by atoms with van der Waals surface area (Å²) < 4.78 is 2.11. The lowest BCUT2D eigenvalue weighted by molar-refractivity contribution is -0.384. The minimum atomic E-state index is -0.514. The number of hydrazone groups is 1. The molecule has 0 bridgehead atoms. The number of amides is 1. The molecule has 0 aliphatic carbocycles. The van der Waals surface area contributed by atoms with Gasteiger partial charge in [0, 0.05) is 51.9 Å². The van der Waals surface area contributed by atoms with Crippen molar-refractivity contribution in [3.8, 4) is 0 Å². The lowest BCUT2D eigenvalue weighted by Gasteiger charge is -2.05. The lowest BCUT2D eigenvalue weighted by atomic mass is 10.2. The second-order valence-electron chi connectivity index (χ2n) is 6.86. The Labute approximate surface area is 182 Å². The minimum absolute atomic E-state index is 0.0754. The summed E-state index contributed by atoms with van der Waals surface area (Å²) in [7, 11) is 0. The minimum Gasteiger partial charge on any atom is -0.342 e. The molecule has 4 aromatic rings. The highest BCUT2D eigenvalue weighted by Crippen LogP contribution is 2.22. The van der Waals surface area contributed by atoms with Crippen molar-refractivity contribution in [3.05, 3.63) is 111 Å². The maximum Gasteiger partial charge on any atom is 0.271 e. The summed E-state index contributed by atoms with van der Waals surface area (Å²) >= 11 is 5.97. The second-order valence-corrected chi connectivity index (χ2v) is 7.30. The number of carbonyl (C=O) groups excluding carboxylic acids is 1. The lowest BCUT2D eigenvalue weighted by Crippen LogP contribution is -2.17. The molecule has 0 atom stereocenters. The number of halogens is 1. The molecular formula is C23H17ClN4O3. The van der Waals surface area contributed by atoms with Crippen LogP contribution in [0.15, 0.2) is 84.1 Å². The predicted molar refractivity (Wildman–Crippen MR) is 121 cm³/mol. The topological polar surface area (TPSA) is 89.5 Å². The van der Waals surface area contributed by atoms with Gasteiger partial charge in [-0.25, -0.2) is 5.43 Å². The van der Waals surface area contributed by atoms with Crippen molar-refractivity contribution in [3.63, 3.8) is 0 Å². The van der Waals surface area contributed by atoms with E-state index in [0.29, 0.717) is 11.6 Å². The van der Waals surface area contributed by atoms with Crippen molar-refractivity contribution >= 4 is 40.3 Å². The highest BCUT2D eigenvalue weighted by Gasteiger charge is 2.10. The summed E-state index contributed by atoms with van der Waals surface area (Å²) in [5.41, 5.74) is 5.68. The number of nitro benzene ring substituents is 1. The molecular weight excluding hydrogens is 416 g/mol. The van der Waals surface area contributed by atoms with Crippen molar-refractivity contribution in [2.75, 3.05) is 0 Å². The van der Waals surface area contributed by atoms with Crippen LogP contribution in [0.3, 0.4) is 0 Å². The van der Waals surface area contributed by atoms with Gasteiger partial charge >= 0.3 is 0 Å². The van der Waals surface area contributed by atoms with E-state index in [0.717, 1.165) is 22.0 Å². The van der Waals surface area contributed by atoms with Crippen LogP contribution in [0.5, 0.6) is 0 Å². The quantitative estimate of drug-likeness (QED) is 0.263. The monoisotopic (exact) mass is 432 g/mol. The van der Waals surface area contributed by atoms with Gasteiger partial charge in [0.05, 0.1) is 11.1 Å². The number of benzene rings is 3. The number of rotatable bonds is 6. The van der Waals surface area contributed by atoms with Gasteiger partial charge in [-0.05, 0) is 35.9 Å². The Balaban J connectivity index is 1.52. The standard InChI is InChI=1S/C23H17ClN4O3/c24-19-9-5-16(6-10-19)14-27-15-18(21-3-1-2-4-22(21)27)13-25-26-23(29)17-7-11-20(12-8-17)28(30)31/h1-13,15H,14H2,(H,26,29)/b25-13-. The van der Waals surface area contributed by atoms with Crippen LogP contribution >= 0.6 is 11.6 Å². The number of aromatic nitrogens is 1. The van der Waals surface area contributed by atoms with Gasteiger partial charge < -0.3 is 4.57 Å². The summed E-state index contributed by atoms with van der Waals surface area (Å²) in [5.74, 6) is -0.448. The van der Waals surface area contributed by atoms with E-state index in [4.69, 9.17) is 11.6 Å². The first-order chi connectivity index (χ1) is 15.0. The zero-order valence-electron chi connectivity index (χ0n) is 16.2. The molecule has 1 aromatic heterocycles. The molecule has 0 aliphatic heterocycles. The first-order valence-electron chi connectivity index (χ1n) is 9.41. The van der Waals surface area contributed by atoms with Crippen LogP contribution in [0.2, 0.25) is 5.02 Å². The van der Waals surface area contributed by atoms with Crippen LogP contribution in [0, 0.1) is 10.1 Å². The Bertz CT molecular complexity index is 1280. The molecule has 31 heavy (non-hydrogen) atoms. The van der Waals surface area contributed by atoms with Crippen molar-refractivity contribution < 1.29 is 9.72 Å². The molecule has 1 amide bonds. The van der Waals surface area contributed by atoms with Crippen molar-refractivity contribution in [2.24, 2.45) is 5.10 Å². The number of para-hydroxylation sites is 1. The van der Waals surface area contributed by atoms with Gasteiger partial charge in [0.1, 0.15) is 0 Å². The Kier molecular flexibility index (Phi) is 5.77. The molecule has 154 valence electrons. The highest BCUT2D eigenvalue weighted by atomic mass is 35.5. The van der Waals surface area contributed by atoms with Gasteiger partial charge in [-0.3, -0.25) is 14.9 Å². The van der Waals surface area contributed by atoms with Gasteiger partial charge in [-0.2, -0.15) is 5.10 Å². The summed E-state index contributed by atoms with van der Waals surface area (Å²) in [5, 5.41) is 16.5. The van der Waals surface area contributed by atoms with Gasteiger partial charge in [-0.1, -0.05) is 41.9 Å². The van der Waals surface area contributed by atoms with Gasteiger partial charge in [0.15, 0.2) is 0 Å². The Morgan fingerprint density at radius 3 is 2.48 bits per heavy atom. The number of non-ortho nitro benzene ring substituents is 1. The van der Waals surface area contributed by atoms with E-state index in [9.17, 15) is 14.9 Å². The zero-order valence-corrected chi connectivity index (χ0v) is 17.0. The van der Waals surface area contributed by atoms with Crippen LogP contribution in [0.1, 0.15) is 21.5 Å². The van der Waals surface area contributed by atoms with Crippen molar-refractivity contribution in [1.82, 2.24) is 9.99 Å². The fourth-order valence-corrected chi connectivity index (χ4v) is 3.38. The smallest absolute Gasteiger partial charge is 0.271 e. The average Bonchev–Trinajstić information content (AvgIpc) is 3.13. The largest absolute Gasteiger partial charge is 0.342 e. The molecule has 0 radical (unpaired) electrons. The van der Waals surface area contributed by atoms with E-state index in [1.165, 1.54) is 24.3 Å². The van der Waals surface area contributed by atoms with E-state index in [-0.39, 0.29) is 11.3 Å². The third kappa shape index (κ3) is 4.62. The summed E-state index contributed by atoms with van der Waals surface area (Å²) in [6.07, 6.45) is 3.56. The Morgan fingerprint density at radius 1 is 1.06 bits per heavy atom. The molecule has 8 heteroatoms. The molecule has 0 aliphatic rings. The Morgan fingerprint density at radius 2 is 1.77 bits per heavy atom. The number of carbonyl (C=O) groups is 1. The number of nitrogens with one attached hydrogen (secondary N) is 1. The Hall–Kier alpha value is -3.97. The molecule has 0 saturated heterocycles. The van der Waals surface area contributed by atoms with Crippen LogP contribution in [-0.2, 0) is 6.54 Å². The fraction of sp³-hybridized carbons (Fsp3) is 0.0435. The van der Waals surface area contributed by atoms with Gasteiger partial charge in [-0.15, -0.1) is 0 Å². The SMILES string of the molecule is O=C(N/N=C\c1cn(Cc2ccc(Cl)cc2)c2ccccc12)c1ccc([N+](=O)[O-])cc1. The summed E-state index contributed by atoms with van der Waals surface area (Å²) in [6, 6.07) is 21.0.